The van der Waals surface area contributed by atoms with Gasteiger partial charge in [-0.3, -0.25) is 0 Å². The molecule has 1 N–H and O–H groups in total. The lowest BCUT2D eigenvalue weighted by Gasteiger charge is -2.23. The maximum absolute atomic E-state index is 11.6. The Morgan fingerprint density at radius 2 is 2.06 bits per heavy atom. The largest absolute Gasteiger partial charge is 0.382 e. The van der Waals surface area contributed by atoms with Gasteiger partial charge in [0.15, 0.2) is 9.84 Å². The minimum absolute atomic E-state index is 0.252. The summed E-state index contributed by atoms with van der Waals surface area (Å²) in [6, 6.07) is 7.31. The van der Waals surface area contributed by atoms with Crippen molar-refractivity contribution in [3.8, 4) is 6.07 Å². The minimum atomic E-state index is -3.15. The fraction of sp³-hybridized carbons (Fsp3) is 0.417. The van der Waals surface area contributed by atoms with Crippen LogP contribution in [-0.4, -0.2) is 26.0 Å². The molecule has 0 bridgehead atoms. The standard InChI is InChI=1S/C12H15BrN2O2S/c1-12(2,18(3,16)17)8-15-11-5-4-10(13)6-9(11)7-14/h4-6,15H,8H2,1-3H3. The Morgan fingerprint density at radius 1 is 1.44 bits per heavy atom. The van der Waals surface area contributed by atoms with E-state index in [1.165, 1.54) is 6.26 Å². The number of anilines is 1. The first-order valence-electron chi connectivity index (χ1n) is 5.30. The topological polar surface area (TPSA) is 70.0 Å². The highest BCUT2D eigenvalue weighted by molar-refractivity contribution is 9.10. The number of hydrogen-bond acceptors (Lipinski definition) is 4. The highest BCUT2D eigenvalue weighted by Gasteiger charge is 2.29. The van der Waals surface area contributed by atoms with Gasteiger partial charge in [-0.15, -0.1) is 0 Å². The molecule has 1 rings (SSSR count). The Morgan fingerprint density at radius 3 is 2.56 bits per heavy atom. The molecule has 0 atom stereocenters. The van der Waals surface area contributed by atoms with Crippen LogP contribution >= 0.6 is 15.9 Å². The van der Waals surface area contributed by atoms with Gasteiger partial charge in [0, 0.05) is 17.3 Å². The Balaban J connectivity index is 2.92. The second-order valence-corrected chi connectivity index (χ2v) is 8.25. The molecule has 0 saturated heterocycles. The van der Waals surface area contributed by atoms with E-state index in [2.05, 4.69) is 27.3 Å². The van der Waals surface area contributed by atoms with E-state index in [0.717, 1.165) is 4.47 Å². The van der Waals surface area contributed by atoms with Gasteiger partial charge >= 0.3 is 0 Å². The van der Waals surface area contributed by atoms with Crippen molar-refractivity contribution in [3.63, 3.8) is 0 Å². The summed E-state index contributed by atoms with van der Waals surface area (Å²) in [5.41, 5.74) is 1.12. The normalized spacial score (nSPS) is 11.9. The van der Waals surface area contributed by atoms with E-state index in [1.54, 1.807) is 32.0 Å². The molecule has 0 fully saturated rings. The van der Waals surface area contributed by atoms with Gasteiger partial charge in [0.2, 0.25) is 0 Å². The zero-order chi connectivity index (χ0) is 14.0. The van der Waals surface area contributed by atoms with Crippen LogP contribution in [0, 0.1) is 11.3 Å². The summed E-state index contributed by atoms with van der Waals surface area (Å²) in [7, 11) is -3.15. The molecule has 0 unspecified atom stereocenters. The second kappa shape index (κ2) is 5.29. The van der Waals surface area contributed by atoms with E-state index < -0.39 is 14.6 Å². The molecule has 0 radical (unpaired) electrons. The maximum Gasteiger partial charge on any atom is 0.154 e. The zero-order valence-electron chi connectivity index (χ0n) is 10.5. The highest BCUT2D eigenvalue weighted by atomic mass is 79.9. The fourth-order valence-electron chi connectivity index (χ4n) is 1.20. The molecule has 0 spiro atoms. The first kappa shape index (κ1) is 15.0. The molecule has 98 valence electrons. The molecule has 0 aromatic heterocycles. The van der Waals surface area contributed by atoms with Crippen LogP contribution in [0.25, 0.3) is 0 Å². The SMILES string of the molecule is CC(C)(CNc1ccc(Br)cc1C#N)S(C)(=O)=O. The molecule has 1 aromatic carbocycles. The van der Waals surface area contributed by atoms with Crippen molar-refractivity contribution >= 4 is 31.5 Å². The average molecular weight is 331 g/mol. The van der Waals surface area contributed by atoms with Gasteiger partial charge in [-0.2, -0.15) is 5.26 Å². The summed E-state index contributed by atoms with van der Waals surface area (Å²) in [6.45, 7) is 3.56. The quantitative estimate of drug-likeness (QED) is 0.920. The van der Waals surface area contributed by atoms with E-state index >= 15 is 0 Å². The smallest absolute Gasteiger partial charge is 0.154 e. The Labute approximate surface area is 116 Å². The minimum Gasteiger partial charge on any atom is -0.382 e. The summed E-state index contributed by atoms with van der Waals surface area (Å²) in [4.78, 5) is 0. The molecular formula is C12H15BrN2O2S. The highest BCUT2D eigenvalue weighted by Crippen LogP contribution is 2.22. The number of rotatable bonds is 4. The molecule has 0 aliphatic rings. The van der Waals surface area contributed by atoms with Crippen molar-refractivity contribution in [2.75, 3.05) is 18.1 Å². The number of sulfone groups is 1. The third-order valence-electron chi connectivity index (χ3n) is 2.81. The first-order chi connectivity index (χ1) is 8.17. The van der Waals surface area contributed by atoms with Crippen LogP contribution < -0.4 is 5.32 Å². The molecule has 1 aromatic rings. The number of nitrogens with one attached hydrogen (secondary N) is 1. The Hall–Kier alpha value is -1.06. The summed E-state index contributed by atoms with van der Waals surface area (Å²) in [5.74, 6) is 0. The molecule has 0 aliphatic heterocycles. The van der Waals surface area contributed by atoms with Crippen molar-refractivity contribution in [1.82, 2.24) is 0 Å². The molecule has 0 heterocycles. The number of nitrogens with zero attached hydrogens (tertiary/aromatic N) is 1. The van der Waals surface area contributed by atoms with Crippen molar-refractivity contribution in [2.45, 2.75) is 18.6 Å². The van der Waals surface area contributed by atoms with E-state index in [-0.39, 0.29) is 6.54 Å². The summed E-state index contributed by atoms with van der Waals surface area (Å²) in [5, 5.41) is 12.0. The van der Waals surface area contributed by atoms with Gasteiger partial charge in [-0.05, 0) is 32.0 Å². The summed E-state index contributed by atoms with van der Waals surface area (Å²) >= 11 is 3.28. The van der Waals surface area contributed by atoms with Crippen LogP contribution in [0.2, 0.25) is 0 Å². The first-order valence-corrected chi connectivity index (χ1v) is 7.99. The monoisotopic (exact) mass is 330 g/mol. The van der Waals surface area contributed by atoms with E-state index in [4.69, 9.17) is 5.26 Å². The lowest BCUT2D eigenvalue weighted by molar-refractivity contribution is 0.560. The molecule has 0 saturated carbocycles. The van der Waals surface area contributed by atoms with Crippen LogP contribution in [0.1, 0.15) is 19.4 Å². The lowest BCUT2D eigenvalue weighted by atomic mass is 10.1. The molecule has 6 heteroatoms. The third-order valence-corrected chi connectivity index (χ3v) is 5.46. The molecule has 4 nitrogen and oxygen atoms in total. The summed E-state index contributed by atoms with van der Waals surface area (Å²) in [6.07, 6.45) is 1.21. The van der Waals surface area contributed by atoms with Crippen molar-refractivity contribution < 1.29 is 8.42 Å². The number of hydrogen-bond donors (Lipinski definition) is 1. The number of benzene rings is 1. The van der Waals surface area contributed by atoms with Crippen molar-refractivity contribution in [2.24, 2.45) is 0 Å². The molecule has 0 amide bonds. The van der Waals surface area contributed by atoms with Crippen LogP contribution in [0.4, 0.5) is 5.69 Å². The predicted octanol–water partition coefficient (Wildman–Crippen LogP) is 2.56. The lowest BCUT2D eigenvalue weighted by Crippen LogP contribution is -2.38. The molecular weight excluding hydrogens is 316 g/mol. The average Bonchev–Trinajstić information content (AvgIpc) is 2.25. The Kier molecular flexibility index (Phi) is 4.41. The van der Waals surface area contributed by atoms with Crippen molar-refractivity contribution in [1.29, 1.82) is 5.26 Å². The Bertz CT molecular complexity index is 589. The number of nitriles is 1. The van der Waals surface area contributed by atoms with Crippen LogP contribution in [0.5, 0.6) is 0 Å². The fourth-order valence-corrected chi connectivity index (χ4v) is 1.90. The van der Waals surface area contributed by atoms with E-state index in [0.29, 0.717) is 11.3 Å². The van der Waals surface area contributed by atoms with Crippen LogP contribution in [-0.2, 0) is 9.84 Å². The molecule has 18 heavy (non-hydrogen) atoms. The predicted molar refractivity (Wildman–Crippen MR) is 76.3 cm³/mol. The van der Waals surface area contributed by atoms with Crippen molar-refractivity contribution in [3.05, 3.63) is 28.2 Å². The van der Waals surface area contributed by atoms with E-state index in [1.807, 2.05) is 0 Å². The number of halogens is 1. The van der Waals surface area contributed by atoms with Crippen LogP contribution in [0.15, 0.2) is 22.7 Å². The van der Waals surface area contributed by atoms with Crippen LogP contribution in [0.3, 0.4) is 0 Å². The van der Waals surface area contributed by atoms with E-state index in [9.17, 15) is 8.42 Å². The van der Waals surface area contributed by atoms with Gasteiger partial charge in [0.25, 0.3) is 0 Å². The van der Waals surface area contributed by atoms with Gasteiger partial charge in [-0.25, -0.2) is 8.42 Å². The third kappa shape index (κ3) is 3.47. The second-order valence-electron chi connectivity index (χ2n) is 4.69. The van der Waals surface area contributed by atoms with Gasteiger partial charge in [-0.1, -0.05) is 15.9 Å². The van der Waals surface area contributed by atoms with Gasteiger partial charge in [0.1, 0.15) is 6.07 Å². The maximum atomic E-state index is 11.6. The molecule has 0 aliphatic carbocycles. The summed E-state index contributed by atoms with van der Waals surface area (Å²) < 4.78 is 23.1. The van der Waals surface area contributed by atoms with Gasteiger partial charge in [0.05, 0.1) is 16.0 Å². The van der Waals surface area contributed by atoms with Gasteiger partial charge < -0.3 is 5.32 Å². The zero-order valence-corrected chi connectivity index (χ0v) is 12.9.